The zero-order valence-electron chi connectivity index (χ0n) is 17.1. The van der Waals surface area contributed by atoms with Crippen molar-refractivity contribution in [1.29, 1.82) is 0 Å². The quantitative estimate of drug-likeness (QED) is 0.637. The van der Waals surface area contributed by atoms with Crippen LogP contribution in [0.25, 0.3) is 0 Å². The van der Waals surface area contributed by atoms with E-state index < -0.39 is 17.9 Å². The van der Waals surface area contributed by atoms with Gasteiger partial charge in [-0.1, -0.05) is 26.0 Å². The topological polar surface area (TPSA) is 109 Å². The van der Waals surface area contributed by atoms with Gasteiger partial charge in [-0.25, -0.2) is 4.79 Å². The molecule has 9 heteroatoms. The zero-order chi connectivity index (χ0) is 21.4. The molecular weight excluding hydrogens is 378 g/mol. The first-order valence-corrected chi connectivity index (χ1v) is 9.00. The highest BCUT2D eigenvalue weighted by Gasteiger charge is 2.24. The van der Waals surface area contributed by atoms with E-state index in [0.29, 0.717) is 6.42 Å². The van der Waals surface area contributed by atoms with Crippen molar-refractivity contribution >= 4 is 11.9 Å². The summed E-state index contributed by atoms with van der Waals surface area (Å²) in [5, 5.41) is 2.71. The molecule has 1 aromatic carbocycles. The average Bonchev–Trinajstić information content (AvgIpc) is 2.72. The molecule has 0 saturated carbocycles. The van der Waals surface area contributed by atoms with E-state index in [0.717, 1.165) is 0 Å². The second kappa shape index (κ2) is 10.3. The Hall–Kier alpha value is -3.36. The third-order valence-corrected chi connectivity index (χ3v) is 3.89. The van der Waals surface area contributed by atoms with Gasteiger partial charge in [-0.05, 0) is 24.5 Å². The Balaban J connectivity index is 2.28. The molecule has 1 heterocycles. The summed E-state index contributed by atoms with van der Waals surface area (Å²) in [6.07, 6.45) is 0.446. The number of ether oxygens (including phenoxy) is 4. The fraction of sp³-hybridized carbons (Fsp3) is 0.400. The first kappa shape index (κ1) is 21.9. The smallest absolute Gasteiger partial charge is 0.328 e. The van der Waals surface area contributed by atoms with Crippen molar-refractivity contribution in [3.63, 3.8) is 0 Å². The van der Waals surface area contributed by atoms with Gasteiger partial charge in [-0.3, -0.25) is 4.79 Å². The minimum Gasteiger partial charge on any atom is -0.481 e. The Morgan fingerprint density at radius 1 is 1.03 bits per heavy atom. The monoisotopic (exact) mass is 403 g/mol. The molecular formula is C20H25N3O6. The molecule has 9 nitrogen and oxygen atoms in total. The van der Waals surface area contributed by atoms with Crippen molar-refractivity contribution in [3.05, 3.63) is 35.9 Å². The van der Waals surface area contributed by atoms with Crippen molar-refractivity contribution in [1.82, 2.24) is 15.3 Å². The third-order valence-electron chi connectivity index (χ3n) is 3.89. The van der Waals surface area contributed by atoms with Crippen LogP contribution in [0, 0.1) is 5.92 Å². The first-order valence-electron chi connectivity index (χ1n) is 9.00. The number of rotatable bonds is 9. The molecule has 0 fully saturated rings. The molecule has 1 aromatic heterocycles. The van der Waals surface area contributed by atoms with Crippen molar-refractivity contribution < 1.29 is 28.5 Å². The van der Waals surface area contributed by atoms with Crippen LogP contribution in [0.1, 0.15) is 30.6 Å². The number of amides is 1. The summed E-state index contributed by atoms with van der Waals surface area (Å²) in [5.41, 5.74) is 0.238. The summed E-state index contributed by atoms with van der Waals surface area (Å²) >= 11 is 0. The predicted molar refractivity (Wildman–Crippen MR) is 104 cm³/mol. The van der Waals surface area contributed by atoms with E-state index in [9.17, 15) is 9.59 Å². The molecule has 156 valence electrons. The highest BCUT2D eigenvalue weighted by molar-refractivity contribution is 5.99. The van der Waals surface area contributed by atoms with Crippen LogP contribution in [-0.2, 0) is 9.53 Å². The maximum atomic E-state index is 12.8. The second-order valence-electron chi connectivity index (χ2n) is 6.51. The Kier molecular flexibility index (Phi) is 7.76. The molecule has 1 N–H and O–H groups in total. The van der Waals surface area contributed by atoms with Gasteiger partial charge in [-0.15, -0.1) is 0 Å². The van der Waals surface area contributed by atoms with Crippen LogP contribution in [0.15, 0.2) is 30.3 Å². The van der Waals surface area contributed by atoms with Crippen LogP contribution >= 0.6 is 0 Å². The number of para-hydroxylation sites is 1. The fourth-order valence-corrected chi connectivity index (χ4v) is 2.55. The van der Waals surface area contributed by atoms with E-state index in [4.69, 9.17) is 18.9 Å². The van der Waals surface area contributed by atoms with Crippen LogP contribution in [0.3, 0.4) is 0 Å². The third kappa shape index (κ3) is 6.06. The van der Waals surface area contributed by atoms with Gasteiger partial charge in [0.05, 0.1) is 33.0 Å². The second-order valence-corrected chi connectivity index (χ2v) is 6.51. The van der Waals surface area contributed by atoms with Crippen molar-refractivity contribution in [2.24, 2.45) is 5.92 Å². The van der Waals surface area contributed by atoms with E-state index in [1.807, 2.05) is 13.8 Å². The van der Waals surface area contributed by atoms with Crippen LogP contribution < -0.4 is 19.5 Å². The molecule has 2 aromatic rings. The van der Waals surface area contributed by atoms with Crippen LogP contribution in [0.5, 0.6) is 23.5 Å². The molecule has 29 heavy (non-hydrogen) atoms. The molecule has 0 aliphatic rings. The number of hydrogen-bond acceptors (Lipinski definition) is 8. The van der Waals surface area contributed by atoms with Gasteiger partial charge in [-0.2, -0.15) is 9.97 Å². The number of benzene rings is 1. The average molecular weight is 403 g/mol. The maximum absolute atomic E-state index is 12.8. The van der Waals surface area contributed by atoms with Crippen molar-refractivity contribution in [2.75, 3.05) is 21.3 Å². The van der Waals surface area contributed by atoms with E-state index in [1.54, 1.807) is 24.3 Å². The lowest BCUT2D eigenvalue weighted by molar-refractivity contribution is -0.143. The van der Waals surface area contributed by atoms with Crippen LogP contribution in [0.2, 0.25) is 0 Å². The summed E-state index contributed by atoms with van der Waals surface area (Å²) in [4.78, 5) is 32.9. The summed E-state index contributed by atoms with van der Waals surface area (Å²) in [6, 6.07) is 7.37. The first-order chi connectivity index (χ1) is 13.9. The Labute approximate surface area is 169 Å². The predicted octanol–water partition coefficient (Wildman–Crippen LogP) is 2.60. The van der Waals surface area contributed by atoms with Crippen molar-refractivity contribution in [2.45, 2.75) is 26.3 Å². The number of nitrogens with zero attached hydrogens (tertiary/aromatic N) is 2. The lowest BCUT2D eigenvalue weighted by atomic mass is 10.0. The van der Waals surface area contributed by atoms with Gasteiger partial charge in [0.2, 0.25) is 11.8 Å². The molecule has 0 bridgehead atoms. The van der Waals surface area contributed by atoms with Crippen LogP contribution in [-0.4, -0.2) is 49.2 Å². The van der Waals surface area contributed by atoms with E-state index >= 15 is 0 Å². The molecule has 0 aliphatic carbocycles. The molecule has 2 rings (SSSR count). The Bertz CT molecular complexity index is 834. The molecule has 0 saturated heterocycles. The van der Waals surface area contributed by atoms with Gasteiger partial charge in [0.25, 0.3) is 5.91 Å². The number of hydrogen-bond donors (Lipinski definition) is 1. The molecule has 1 unspecified atom stereocenters. The number of aromatic nitrogens is 2. The van der Waals surface area contributed by atoms with Gasteiger partial charge in [0.15, 0.2) is 0 Å². The number of carbonyl (C=O) groups excluding carboxylic acids is 2. The highest BCUT2D eigenvalue weighted by atomic mass is 16.5. The number of esters is 1. The van der Waals surface area contributed by atoms with E-state index in [2.05, 4.69) is 15.3 Å². The zero-order valence-corrected chi connectivity index (χ0v) is 17.1. The standard InChI is InChI=1S/C20H25N3O6/c1-12(2)10-14(19(25)27-4)21-18(24)13-8-6-7-9-15(13)29-17-11-16(26-3)22-20(23-17)28-5/h6-9,11-12,14H,10H2,1-5H3,(H,21,24). The molecule has 0 radical (unpaired) electrons. The summed E-state index contributed by atoms with van der Waals surface area (Å²) in [5.74, 6) is -0.148. The Morgan fingerprint density at radius 3 is 2.34 bits per heavy atom. The summed E-state index contributed by atoms with van der Waals surface area (Å²) in [7, 11) is 4.16. The van der Waals surface area contributed by atoms with Gasteiger partial charge in [0, 0.05) is 0 Å². The SMILES string of the molecule is COC(=O)C(CC(C)C)NC(=O)c1ccccc1Oc1cc(OC)nc(OC)n1. The largest absolute Gasteiger partial charge is 0.481 e. The van der Waals surface area contributed by atoms with Gasteiger partial charge < -0.3 is 24.3 Å². The maximum Gasteiger partial charge on any atom is 0.328 e. The lowest BCUT2D eigenvalue weighted by Gasteiger charge is -2.19. The Morgan fingerprint density at radius 2 is 1.72 bits per heavy atom. The van der Waals surface area contributed by atoms with Crippen molar-refractivity contribution in [3.8, 4) is 23.5 Å². The fourth-order valence-electron chi connectivity index (χ4n) is 2.55. The van der Waals surface area contributed by atoms with E-state index in [-0.39, 0.29) is 35.0 Å². The number of carbonyl (C=O) groups is 2. The molecule has 0 aliphatic heterocycles. The van der Waals surface area contributed by atoms with Gasteiger partial charge >= 0.3 is 12.0 Å². The van der Waals surface area contributed by atoms with E-state index in [1.165, 1.54) is 27.4 Å². The lowest BCUT2D eigenvalue weighted by Crippen LogP contribution is -2.42. The number of nitrogens with one attached hydrogen (secondary N) is 1. The minimum atomic E-state index is -0.764. The van der Waals surface area contributed by atoms with Crippen LogP contribution in [0.4, 0.5) is 0 Å². The summed E-state index contributed by atoms with van der Waals surface area (Å²) in [6.45, 7) is 3.91. The van der Waals surface area contributed by atoms with Gasteiger partial charge in [0.1, 0.15) is 11.8 Å². The normalized spacial score (nSPS) is 11.5. The minimum absolute atomic E-state index is 0.0592. The molecule has 1 atom stereocenters. The highest BCUT2D eigenvalue weighted by Crippen LogP contribution is 2.27. The number of methoxy groups -OCH3 is 3. The summed E-state index contributed by atoms with van der Waals surface area (Å²) < 4.78 is 20.7. The molecule has 0 spiro atoms. The molecule has 1 amide bonds.